The number of nitrogens with one attached hydrogen (secondary N) is 2. The Morgan fingerprint density at radius 1 is 0.968 bits per heavy atom. The second-order valence-corrected chi connectivity index (χ2v) is 7.36. The van der Waals surface area contributed by atoms with Crippen LogP contribution in [0.25, 0.3) is 32.6 Å². The summed E-state index contributed by atoms with van der Waals surface area (Å²) in [4.78, 5) is 16.2. The van der Waals surface area contributed by atoms with Gasteiger partial charge in [-0.1, -0.05) is 42.1 Å². The number of aryl methyl sites for hydroxylation is 1. The molecule has 0 aliphatic rings. The minimum Gasteiger partial charge on any atom is -0.872 e. The summed E-state index contributed by atoms with van der Waals surface area (Å²) in [5, 5.41) is 19.5. The van der Waals surface area contributed by atoms with Crippen molar-refractivity contribution in [1.29, 1.82) is 0 Å². The van der Waals surface area contributed by atoms with Crippen LogP contribution in [0.1, 0.15) is 15.9 Å². The normalized spacial score (nSPS) is 10.9. The van der Waals surface area contributed by atoms with Crippen LogP contribution in [0, 0.1) is 6.92 Å². The standard InChI is InChI=1S/C25H20N2O3.Na/c1-14-11-16(30-2)8-10-21(14)27-25(29)20-12-15-7-9-18-17-5-3-4-6-22(17)26-24(18)19(15)13-23(20)28;/h3-13,26,28H,1-2H3,(H,27,29);/q;+1/p-1. The molecule has 0 spiro atoms. The van der Waals surface area contributed by atoms with E-state index in [0.717, 1.165) is 38.1 Å². The molecule has 2 N–H and O–H groups in total. The molecule has 0 saturated carbocycles. The maximum Gasteiger partial charge on any atom is 1.00 e. The van der Waals surface area contributed by atoms with Gasteiger partial charge in [0.05, 0.1) is 12.6 Å². The molecule has 0 radical (unpaired) electrons. The summed E-state index contributed by atoms with van der Waals surface area (Å²) in [5.74, 6) is -0.0210. The molecule has 6 heteroatoms. The molecule has 0 atom stereocenters. The number of hydrogen-bond donors (Lipinski definition) is 2. The second-order valence-electron chi connectivity index (χ2n) is 7.36. The Kier molecular flexibility index (Phi) is 5.67. The number of fused-ring (bicyclic) bond motifs is 5. The number of carbonyl (C=O) groups is 1. The monoisotopic (exact) mass is 418 g/mol. The van der Waals surface area contributed by atoms with Crippen LogP contribution in [-0.2, 0) is 0 Å². The van der Waals surface area contributed by atoms with E-state index >= 15 is 0 Å². The van der Waals surface area contributed by atoms with Gasteiger partial charge in [0.25, 0.3) is 5.91 Å². The zero-order valence-electron chi connectivity index (χ0n) is 17.6. The Labute approximate surface area is 201 Å². The molecular weight excluding hydrogens is 399 g/mol. The van der Waals surface area contributed by atoms with Crippen molar-refractivity contribution in [2.75, 3.05) is 12.4 Å². The number of amides is 1. The van der Waals surface area contributed by atoms with E-state index < -0.39 is 5.91 Å². The number of ether oxygens (including phenoxy) is 1. The van der Waals surface area contributed by atoms with E-state index in [1.807, 2.05) is 43.3 Å². The quantitative estimate of drug-likeness (QED) is 0.441. The number of H-pyrrole nitrogens is 1. The van der Waals surface area contributed by atoms with Crippen LogP contribution in [0.5, 0.6) is 11.5 Å². The van der Waals surface area contributed by atoms with Crippen LogP contribution < -0.4 is 44.7 Å². The predicted octanol–water partition coefficient (Wildman–Crippen LogP) is 2.12. The van der Waals surface area contributed by atoms with Crippen LogP contribution in [0.15, 0.2) is 66.7 Å². The summed E-state index contributed by atoms with van der Waals surface area (Å²) in [7, 11) is 1.59. The van der Waals surface area contributed by atoms with E-state index in [9.17, 15) is 9.90 Å². The molecule has 148 valence electrons. The molecule has 1 amide bonds. The van der Waals surface area contributed by atoms with Gasteiger partial charge in [-0.2, -0.15) is 0 Å². The Morgan fingerprint density at radius 2 is 1.77 bits per heavy atom. The van der Waals surface area contributed by atoms with Crippen molar-refractivity contribution < 1.29 is 44.2 Å². The van der Waals surface area contributed by atoms with Gasteiger partial charge in [0.1, 0.15) is 5.75 Å². The molecule has 1 aromatic heterocycles. The number of hydrogen-bond acceptors (Lipinski definition) is 3. The van der Waals surface area contributed by atoms with Gasteiger partial charge >= 0.3 is 29.6 Å². The molecule has 31 heavy (non-hydrogen) atoms. The Balaban J connectivity index is 0.00000231. The maximum absolute atomic E-state index is 12.8. The van der Waals surface area contributed by atoms with Crippen LogP contribution in [0.2, 0.25) is 0 Å². The first-order valence-corrected chi connectivity index (χ1v) is 9.65. The number of rotatable bonds is 3. The molecule has 1 heterocycles. The molecule has 5 aromatic rings. The van der Waals surface area contributed by atoms with E-state index in [1.54, 1.807) is 31.4 Å². The largest absolute Gasteiger partial charge is 1.00 e. The minimum absolute atomic E-state index is 0. The van der Waals surface area contributed by atoms with Crippen molar-refractivity contribution in [2.24, 2.45) is 0 Å². The summed E-state index contributed by atoms with van der Waals surface area (Å²) in [6.07, 6.45) is 0. The van der Waals surface area contributed by atoms with Gasteiger partial charge in [0, 0.05) is 32.9 Å². The van der Waals surface area contributed by atoms with Crippen molar-refractivity contribution in [3.8, 4) is 11.5 Å². The third-order valence-electron chi connectivity index (χ3n) is 5.52. The zero-order chi connectivity index (χ0) is 20.8. The van der Waals surface area contributed by atoms with E-state index in [2.05, 4.69) is 16.4 Å². The molecule has 0 fully saturated rings. The van der Waals surface area contributed by atoms with Crippen molar-refractivity contribution in [2.45, 2.75) is 6.92 Å². The van der Waals surface area contributed by atoms with Gasteiger partial charge in [-0.25, -0.2) is 0 Å². The first kappa shape index (κ1) is 21.2. The molecule has 4 aromatic carbocycles. The van der Waals surface area contributed by atoms with Crippen molar-refractivity contribution >= 4 is 44.2 Å². The number of anilines is 1. The number of aromatic amines is 1. The Bertz CT molecular complexity index is 1460. The average molecular weight is 418 g/mol. The Hall–Kier alpha value is -2.99. The third kappa shape index (κ3) is 3.65. The van der Waals surface area contributed by atoms with E-state index in [0.29, 0.717) is 11.4 Å². The molecule has 0 bridgehead atoms. The summed E-state index contributed by atoms with van der Waals surface area (Å²) >= 11 is 0. The van der Waals surface area contributed by atoms with Crippen LogP contribution >= 0.6 is 0 Å². The van der Waals surface area contributed by atoms with Gasteiger partial charge in [-0.3, -0.25) is 4.79 Å². The second kappa shape index (κ2) is 8.27. The SMILES string of the molecule is COc1ccc(NC(=O)c2cc3ccc4c5ccccc5[nH]c4c3cc2[O-])c(C)c1.[Na+]. The molecule has 0 aliphatic carbocycles. The molecular formula is C25H19N2NaO3. The summed E-state index contributed by atoms with van der Waals surface area (Å²) in [6.45, 7) is 1.88. The minimum atomic E-state index is -0.424. The molecule has 5 rings (SSSR count). The topological polar surface area (TPSA) is 77.2 Å². The summed E-state index contributed by atoms with van der Waals surface area (Å²) < 4.78 is 5.20. The van der Waals surface area contributed by atoms with E-state index in [4.69, 9.17) is 4.74 Å². The zero-order valence-corrected chi connectivity index (χ0v) is 19.6. The molecule has 5 nitrogen and oxygen atoms in total. The van der Waals surface area contributed by atoms with Gasteiger partial charge < -0.3 is 20.1 Å². The Morgan fingerprint density at radius 3 is 2.55 bits per heavy atom. The summed E-state index contributed by atoms with van der Waals surface area (Å²) in [5.41, 5.74) is 3.54. The van der Waals surface area contributed by atoms with Gasteiger partial charge in [-0.05, 0) is 48.2 Å². The van der Waals surface area contributed by atoms with Crippen molar-refractivity contribution in [3.63, 3.8) is 0 Å². The fourth-order valence-corrected chi connectivity index (χ4v) is 3.94. The van der Waals surface area contributed by atoms with Gasteiger partial charge in [0.2, 0.25) is 0 Å². The van der Waals surface area contributed by atoms with Crippen LogP contribution in [0.4, 0.5) is 5.69 Å². The number of methoxy groups -OCH3 is 1. The number of para-hydroxylation sites is 1. The number of carbonyl (C=O) groups excluding carboxylic acids is 1. The van der Waals surface area contributed by atoms with Crippen molar-refractivity contribution in [1.82, 2.24) is 4.98 Å². The predicted molar refractivity (Wildman–Crippen MR) is 118 cm³/mol. The van der Waals surface area contributed by atoms with E-state index in [1.165, 1.54) is 0 Å². The van der Waals surface area contributed by atoms with E-state index in [-0.39, 0.29) is 40.9 Å². The molecule has 0 unspecified atom stereocenters. The third-order valence-corrected chi connectivity index (χ3v) is 5.52. The number of benzene rings is 4. The summed E-state index contributed by atoms with van der Waals surface area (Å²) in [6, 6.07) is 20.6. The molecule has 0 aliphatic heterocycles. The van der Waals surface area contributed by atoms with Crippen LogP contribution in [-0.4, -0.2) is 18.0 Å². The average Bonchev–Trinajstić information content (AvgIpc) is 3.14. The van der Waals surface area contributed by atoms with Crippen molar-refractivity contribution in [3.05, 3.63) is 77.9 Å². The molecule has 0 saturated heterocycles. The smallest absolute Gasteiger partial charge is 0.872 e. The fraction of sp³-hybridized carbons (Fsp3) is 0.0800. The van der Waals surface area contributed by atoms with Crippen LogP contribution in [0.3, 0.4) is 0 Å². The fourth-order valence-electron chi connectivity index (χ4n) is 3.94. The maximum atomic E-state index is 12.8. The first-order chi connectivity index (χ1) is 14.5. The van der Waals surface area contributed by atoms with Gasteiger partial charge in [0.15, 0.2) is 0 Å². The van der Waals surface area contributed by atoms with Gasteiger partial charge in [-0.15, -0.1) is 0 Å². The number of aromatic nitrogens is 1. The first-order valence-electron chi connectivity index (χ1n) is 9.65.